The lowest BCUT2D eigenvalue weighted by atomic mass is 10.1. The minimum atomic E-state index is -0.209. The van der Waals surface area contributed by atoms with E-state index in [9.17, 15) is 9.18 Å². The largest absolute Gasteiger partial charge is 0.376 e. The molecule has 132 valence electrons. The molecule has 0 atom stereocenters. The van der Waals surface area contributed by atoms with E-state index in [-0.39, 0.29) is 18.3 Å². The van der Waals surface area contributed by atoms with E-state index in [1.807, 2.05) is 47.9 Å². The number of nitrogens with one attached hydrogen (secondary N) is 1. The van der Waals surface area contributed by atoms with E-state index >= 15 is 0 Å². The Morgan fingerprint density at radius 1 is 1.00 bits per heavy atom. The van der Waals surface area contributed by atoms with E-state index in [0.29, 0.717) is 31.9 Å². The Bertz CT molecular complexity index is 734. The van der Waals surface area contributed by atoms with E-state index in [1.165, 1.54) is 6.07 Å². The van der Waals surface area contributed by atoms with Crippen LogP contribution in [0.4, 0.5) is 15.8 Å². The highest BCUT2D eigenvalue weighted by atomic mass is 19.1. The van der Waals surface area contributed by atoms with Crippen LogP contribution in [-0.4, -0.2) is 43.5 Å². The molecule has 1 saturated heterocycles. The summed E-state index contributed by atoms with van der Waals surface area (Å²) in [6, 6.07) is 12.9. The molecule has 0 aliphatic carbocycles. The highest BCUT2D eigenvalue weighted by molar-refractivity contribution is 5.81. The van der Waals surface area contributed by atoms with Crippen molar-refractivity contribution in [2.45, 2.75) is 13.8 Å². The smallest absolute Gasteiger partial charge is 0.241 e. The van der Waals surface area contributed by atoms with Crippen molar-refractivity contribution in [3.63, 3.8) is 0 Å². The standard InChI is InChI=1S/C20H24FN3O/c1-15-6-5-7-16(2)20(15)22-14-19(25)24-12-10-23(11-13-24)18-9-4-3-8-17(18)21/h3-9,22H,10-14H2,1-2H3. The summed E-state index contributed by atoms with van der Waals surface area (Å²) in [7, 11) is 0. The van der Waals surface area contributed by atoms with Gasteiger partial charge in [0.2, 0.25) is 5.91 Å². The molecule has 1 aliphatic heterocycles. The zero-order valence-electron chi connectivity index (χ0n) is 14.8. The zero-order valence-corrected chi connectivity index (χ0v) is 14.8. The highest BCUT2D eigenvalue weighted by Crippen LogP contribution is 2.21. The normalized spacial score (nSPS) is 14.5. The van der Waals surface area contributed by atoms with Gasteiger partial charge < -0.3 is 15.1 Å². The average molecular weight is 341 g/mol. The van der Waals surface area contributed by atoms with Crippen molar-refractivity contribution in [2.75, 3.05) is 42.9 Å². The Morgan fingerprint density at radius 3 is 2.28 bits per heavy atom. The number of halogens is 1. The minimum Gasteiger partial charge on any atom is -0.376 e. The molecule has 2 aromatic carbocycles. The van der Waals surface area contributed by atoms with Crippen LogP contribution in [0, 0.1) is 19.7 Å². The molecule has 1 heterocycles. The van der Waals surface area contributed by atoms with E-state index < -0.39 is 0 Å². The van der Waals surface area contributed by atoms with Gasteiger partial charge >= 0.3 is 0 Å². The molecular formula is C20H24FN3O. The van der Waals surface area contributed by atoms with Crippen LogP contribution >= 0.6 is 0 Å². The van der Waals surface area contributed by atoms with Gasteiger partial charge in [0.25, 0.3) is 0 Å². The summed E-state index contributed by atoms with van der Waals surface area (Å²) in [4.78, 5) is 16.3. The van der Waals surface area contributed by atoms with Gasteiger partial charge in [0.15, 0.2) is 0 Å². The van der Waals surface area contributed by atoms with Gasteiger partial charge in [-0.1, -0.05) is 30.3 Å². The number of anilines is 2. The Hall–Kier alpha value is -2.56. The minimum absolute atomic E-state index is 0.0795. The molecule has 0 saturated carbocycles. The van der Waals surface area contributed by atoms with Crippen LogP contribution in [0.5, 0.6) is 0 Å². The summed E-state index contributed by atoms with van der Waals surface area (Å²) in [6.45, 7) is 6.88. The number of hydrogen-bond acceptors (Lipinski definition) is 3. The van der Waals surface area contributed by atoms with Crippen LogP contribution in [0.25, 0.3) is 0 Å². The first-order valence-corrected chi connectivity index (χ1v) is 8.63. The third kappa shape index (κ3) is 3.92. The second-order valence-electron chi connectivity index (χ2n) is 6.44. The molecule has 4 nitrogen and oxygen atoms in total. The number of amides is 1. The fourth-order valence-electron chi connectivity index (χ4n) is 3.27. The topological polar surface area (TPSA) is 35.6 Å². The Morgan fingerprint density at radius 2 is 1.64 bits per heavy atom. The number of para-hydroxylation sites is 2. The van der Waals surface area contributed by atoms with Crippen LogP contribution in [0.15, 0.2) is 42.5 Å². The molecule has 2 aromatic rings. The number of benzene rings is 2. The maximum absolute atomic E-state index is 13.9. The summed E-state index contributed by atoms with van der Waals surface area (Å²) >= 11 is 0. The first kappa shape index (κ1) is 17.3. The summed E-state index contributed by atoms with van der Waals surface area (Å²) in [5.41, 5.74) is 3.92. The number of nitrogens with zero attached hydrogens (tertiary/aromatic N) is 2. The summed E-state index contributed by atoms with van der Waals surface area (Å²) in [6.07, 6.45) is 0. The molecule has 0 spiro atoms. The van der Waals surface area contributed by atoms with Crippen molar-refractivity contribution in [3.05, 3.63) is 59.4 Å². The third-order valence-electron chi connectivity index (χ3n) is 4.72. The maximum Gasteiger partial charge on any atom is 0.241 e. The number of carbonyl (C=O) groups excluding carboxylic acids is 1. The van der Waals surface area contributed by atoms with Gasteiger partial charge in [-0.25, -0.2) is 4.39 Å². The van der Waals surface area contributed by atoms with Gasteiger partial charge in [0, 0.05) is 31.9 Å². The lowest BCUT2D eigenvalue weighted by Crippen LogP contribution is -2.50. The SMILES string of the molecule is Cc1cccc(C)c1NCC(=O)N1CCN(c2ccccc2F)CC1. The summed E-state index contributed by atoms with van der Waals surface area (Å²) < 4.78 is 13.9. The highest BCUT2D eigenvalue weighted by Gasteiger charge is 2.22. The van der Waals surface area contributed by atoms with E-state index in [1.54, 1.807) is 12.1 Å². The second-order valence-corrected chi connectivity index (χ2v) is 6.44. The molecule has 0 radical (unpaired) electrons. The molecule has 0 aromatic heterocycles. The number of aryl methyl sites for hydroxylation is 2. The zero-order chi connectivity index (χ0) is 17.8. The first-order valence-electron chi connectivity index (χ1n) is 8.63. The van der Waals surface area contributed by atoms with E-state index in [0.717, 1.165) is 16.8 Å². The van der Waals surface area contributed by atoms with Crippen LogP contribution in [0.1, 0.15) is 11.1 Å². The van der Waals surface area contributed by atoms with E-state index in [4.69, 9.17) is 0 Å². The van der Waals surface area contributed by atoms with Crippen molar-refractivity contribution >= 4 is 17.3 Å². The van der Waals surface area contributed by atoms with Gasteiger partial charge in [0.05, 0.1) is 12.2 Å². The van der Waals surface area contributed by atoms with Crippen LogP contribution in [-0.2, 0) is 4.79 Å². The number of hydrogen-bond donors (Lipinski definition) is 1. The molecular weight excluding hydrogens is 317 g/mol. The predicted octanol–water partition coefficient (Wildman–Crippen LogP) is 3.20. The first-order chi connectivity index (χ1) is 12.1. The van der Waals surface area contributed by atoms with Crippen molar-refractivity contribution in [1.82, 2.24) is 4.90 Å². The lowest BCUT2D eigenvalue weighted by molar-refractivity contribution is -0.129. The fraction of sp³-hybridized carbons (Fsp3) is 0.350. The molecule has 0 unspecified atom stereocenters. The predicted molar refractivity (Wildman–Crippen MR) is 99.6 cm³/mol. The van der Waals surface area contributed by atoms with E-state index in [2.05, 4.69) is 5.32 Å². The van der Waals surface area contributed by atoms with Crippen LogP contribution in [0.2, 0.25) is 0 Å². The molecule has 1 fully saturated rings. The van der Waals surface area contributed by atoms with Crippen molar-refractivity contribution in [2.24, 2.45) is 0 Å². The monoisotopic (exact) mass is 341 g/mol. The Balaban J connectivity index is 1.54. The van der Waals surface area contributed by atoms with Crippen LogP contribution in [0.3, 0.4) is 0 Å². The molecule has 1 amide bonds. The summed E-state index contributed by atoms with van der Waals surface area (Å²) in [5, 5.41) is 3.27. The maximum atomic E-state index is 13.9. The van der Waals surface area contributed by atoms with Crippen molar-refractivity contribution in [3.8, 4) is 0 Å². The van der Waals surface area contributed by atoms with Crippen LogP contribution < -0.4 is 10.2 Å². The van der Waals surface area contributed by atoms with Gasteiger partial charge in [-0.2, -0.15) is 0 Å². The van der Waals surface area contributed by atoms with Gasteiger partial charge in [0.1, 0.15) is 5.82 Å². The number of rotatable bonds is 4. The fourth-order valence-corrected chi connectivity index (χ4v) is 3.27. The molecule has 1 N–H and O–H groups in total. The van der Waals surface area contributed by atoms with Crippen molar-refractivity contribution < 1.29 is 9.18 Å². The van der Waals surface area contributed by atoms with Gasteiger partial charge in [-0.05, 0) is 37.1 Å². The molecule has 3 rings (SSSR count). The quantitative estimate of drug-likeness (QED) is 0.928. The second kappa shape index (κ2) is 7.55. The van der Waals surface area contributed by atoms with Gasteiger partial charge in [-0.3, -0.25) is 4.79 Å². The summed E-state index contributed by atoms with van der Waals surface area (Å²) in [5.74, 6) is -0.130. The molecule has 0 bridgehead atoms. The molecule has 5 heteroatoms. The van der Waals surface area contributed by atoms with Gasteiger partial charge in [-0.15, -0.1) is 0 Å². The van der Waals surface area contributed by atoms with Crippen molar-refractivity contribution in [1.29, 1.82) is 0 Å². The average Bonchev–Trinajstić information content (AvgIpc) is 2.62. The third-order valence-corrected chi connectivity index (χ3v) is 4.72. The number of carbonyl (C=O) groups is 1. The number of piperazine rings is 1. The Labute approximate surface area is 148 Å². The molecule has 1 aliphatic rings. The Kier molecular flexibility index (Phi) is 5.22. The molecule has 25 heavy (non-hydrogen) atoms. The lowest BCUT2D eigenvalue weighted by Gasteiger charge is -2.36.